The Labute approximate surface area is 118 Å². The van der Waals surface area contributed by atoms with Crippen molar-refractivity contribution in [3.8, 4) is 0 Å². The second-order valence-electron chi connectivity index (χ2n) is 4.70. The number of allylic oxidation sites excluding steroid dienone is 3. The van der Waals surface area contributed by atoms with Gasteiger partial charge in [-0.3, -0.25) is 4.90 Å². The number of benzene rings is 1. The highest BCUT2D eigenvalue weighted by molar-refractivity contribution is 9.10. The number of alkyl halides is 1. The van der Waals surface area contributed by atoms with Crippen LogP contribution in [0.4, 0.5) is 0 Å². The Morgan fingerprint density at radius 3 is 2.44 bits per heavy atom. The third-order valence-electron chi connectivity index (χ3n) is 3.17. The van der Waals surface area contributed by atoms with Crippen molar-refractivity contribution in [2.45, 2.75) is 10.9 Å². The van der Waals surface area contributed by atoms with E-state index in [1.165, 1.54) is 11.1 Å². The fourth-order valence-electron chi connectivity index (χ4n) is 1.83. The topological polar surface area (TPSA) is 3.24 Å². The summed E-state index contributed by atoms with van der Waals surface area (Å²) in [6.45, 7) is 0. The summed E-state index contributed by atoms with van der Waals surface area (Å²) in [5.41, 5.74) is 2.49. The van der Waals surface area contributed by atoms with Crippen molar-refractivity contribution in [2.75, 3.05) is 14.1 Å². The minimum Gasteiger partial charge on any atom is -0.291 e. The Morgan fingerprint density at radius 1 is 1.17 bits per heavy atom. The highest BCUT2D eigenvalue weighted by atomic mass is 79.9. The van der Waals surface area contributed by atoms with Gasteiger partial charge >= 0.3 is 0 Å². The van der Waals surface area contributed by atoms with E-state index in [9.17, 15) is 0 Å². The molecule has 0 N–H and O–H groups in total. The van der Waals surface area contributed by atoms with E-state index < -0.39 is 0 Å². The third kappa shape index (κ3) is 3.21. The molecule has 0 spiro atoms. The lowest BCUT2D eigenvalue weighted by molar-refractivity contribution is 0.316. The van der Waals surface area contributed by atoms with Gasteiger partial charge in [-0.1, -0.05) is 76.6 Å². The molecule has 1 nitrogen and oxygen atoms in total. The summed E-state index contributed by atoms with van der Waals surface area (Å²) in [7, 11) is 4.16. The van der Waals surface area contributed by atoms with Crippen LogP contribution in [-0.2, 0) is 0 Å². The Bertz CT molecular complexity index is 485. The molecule has 94 valence electrons. The zero-order chi connectivity index (χ0) is 13.0. The fraction of sp³-hybridized carbons (Fsp3) is 0.250. The van der Waals surface area contributed by atoms with E-state index in [1.54, 1.807) is 0 Å². The summed E-state index contributed by atoms with van der Waals surface area (Å²) in [6, 6.07) is 10.4. The quantitative estimate of drug-likeness (QED) is 0.596. The van der Waals surface area contributed by atoms with Gasteiger partial charge in [0.2, 0.25) is 0 Å². The molecule has 0 heterocycles. The van der Waals surface area contributed by atoms with E-state index in [0.29, 0.717) is 0 Å². The van der Waals surface area contributed by atoms with Crippen LogP contribution in [0.3, 0.4) is 0 Å². The summed E-state index contributed by atoms with van der Waals surface area (Å²) >= 11 is 3.75. The SMILES string of the molecule is CN(C)C1(Br)C=CC(C=Cc2ccccc2)=CC1. The molecule has 1 aromatic rings. The van der Waals surface area contributed by atoms with Crippen molar-refractivity contribution in [1.82, 2.24) is 4.90 Å². The highest BCUT2D eigenvalue weighted by Gasteiger charge is 2.26. The minimum atomic E-state index is -0.0307. The Morgan fingerprint density at radius 2 is 1.89 bits per heavy atom. The van der Waals surface area contributed by atoms with E-state index >= 15 is 0 Å². The van der Waals surface area contributed by atoms with Crippen molar-refractivity contribution in [2.24, 2.45) is 0 Å². The van der Waals surface area contributed by atoms with Crippen LogP contribution >= 0.6 is 15.9 Å². The summed E-state index contributed by atoms with van der Waals surface area (Å²) in [5.74, 6) is 0. The van der Waals surface area contributed by atoms with Crippen LogP contribution in [0.15, 0.2) is 60.2 Å². The Balaban J connectivity index is 2.04. The van der Waals surface area contributed by atoms with Gasteiger partial charge in [-0.25, -0.2) is 0 Å². The van der Waals surface area contributed by atoms with Gasteiger partial charge in [-0.15, -0.1) is 0 Å². The maximum Gasteiger partial charge on any atom is 0.0985 e. The van der Waals surface area contributed by atoms with Crippen LogP contribution in [0.2, 0.25) is 0 Å². The lowest BCUT2D eigenvalue weighted by atomic mass is 10.0. The molecule has 0 fully saturated rings. The van der Waals surface area contributed by atoms with Gasteiger partial charge < -0.3 is 0 Å². The molecule has 0 bridgehead atoms. The number of halogens is 1. The molecule has 18 heavy (non-hydrogen) atoms. The minimum absolute atomic E-state index is 0.0307. The number of hydrogen-bond donors (Lipinski definition) is 0. The predicted molar refractivity (Wildman–Crippen MR) is 82.7 cm³/mol. The molecule has 1 atom stereocenters. The van der Waals surface area contributed by atoms with Gasteiger partial charge in [-0.05, 0) is 31.7 Å². The van der Waals surface area contributed by atoms with Crippen LogP contribution in [0.1, 0.15) is 12.0 Å². The molecule has 1 unspecified atom stereocenters. The van der Waals surface area contributed by atoms with E-state index in [-0.39, 0.29) is 4.45 Å². The fourth-order valence-corrected chi connectivity index (χ4v) is 2.13. The van der Waals surface area contributed by atoms with Gasteiger partial charge in [-0.2, -0.15) is 0 Å². The van der Waals surface area contributed by atoms with Gasteiger partial charge in [0.25, 0.3) is 0 Å². The average molecular weight is 304 g/mol. The highest BCUT2D eigenvalue weighted by Crippen LogP contribution is 2.31. The molecule has 2 rings (SSSR count). The second kappa shape index (κ2) is 5.68. The van der Waals surface area contributed by atoms with Gasteiger partial charge in [0.05, 0.1) is 4.45 Å². The first-order chi connectivity index (χ1) is 8.60. The standard InChI is InChI=1S/C16H18BrN/c1-18(2)16(17)12-10-15(11-13-16)9-8-14-6-4-3-5-7-14/h3-12H,13H2,1-2H3. The summed E-state index contributed by atoms with van der Waals surface area (Å²) in [6.07, 6.45) is 11.9. The molecule has 0 saturated carbocycles. The second-order valence-corrected chi connectivity index (χ2v) is 6.07. The molecular weight excluding hydrogens is 286 g/mol. The summed E-state index contributed by atoms with van der Waals surface area (Å²) in [4.78, 5) is 2.18. The van der Waals surface area contributed by atoms with Crippen molar-refractivity contribution < 1.29 is 0 Å². The van der Waals surface area contributed by atoms with Crippen LogP contribution in [0, 0.1) is 0 Å². The van der Waals surface area contributed by atoms with Crippen LogP contribution in [-0.4, -0.2) is 23.4 Å². The number of likely N-dealkylation sites (N-methyl/N-ethyl adjacent to an activating group) is 1. The molecular formula is C16H18BrN. The van der Waals surface area contributed by atoms with Crippen LogP contribution < -0.4 is 0 Å². The van der Waals surface area contributed by atoms with E-state index in [2.05, 4.69) is 89.6 Å². The zero-order valence-corrected chi connectivity index (χ0v) is 12.4. The van der Waals surface area contributed by atoms with E-state index in [4.69, 9.17) is 0 Å². The predicted octanol–water partition coefficient (Wildman–Crippen LogP) is 4.24. The lowest BCUT2D eigenvalue weighted by Crippen LogP contribution is -2.36. The van der Waals surface area contributed by atoms with Gasteiger partial charge in [0, 0.05) is 0 Å². The first-order valence-electron chi connectivity index (χ1n) is 6.09. The van der Waals surface area contributed by atoms with Crippen molar-refractivity contribution in [3.05, 3.63) is 65.8 Å². The molecule has 0 aromatic heterocycles. The number of nitrogens with zero attached hydrogens (tertiary/aromatic N) is 1. The molecule has 0 amide bonds. The smallest absolute Gasteiger partial charge is 0.0985 e. The first kappa shape index (κ1) is 13.3. The van der Waals surface area contributed by atoms with E-state index in [1.807, 2.05) is 6.07 Å². The average Bonchev–Trinajstić information content (AvgIpc) is 2.39. The molecule has 1 aromatic carbocycles. The monoisotopic (exact) mass is 303 g/mol. The maximum atomic E-state index is 3.75. The summed E-state index contributed by atoms with van der Waals surface area (Å²) in [5, 5.41) is 0. The number of hydrogen-bond acceptors (Lipinski definition) is 1. The van der Waals surface area contributed by atoms with Crippen molar-refractivity contribution >= 4 is 22.0 Å². The molecule has 0 saturated heterocycles. The lowest BCUT2D eigenvalue weighted by Gasteiger charge is -2.32. The van der Waals surface area contributed by atoms with Gasteiger partial charge in [0.1, 0.15) is 0 Å². The zero-order valence-electron chi connectivity index (χ0n) is 10.8. The molecule has 0 radical (unpaired) electrons. The summed E-state index contributed by atoms with van der Waals surface area (Å²) < 4.78 is -0.0307. The van der Waals surface area contributed by atoms with Crippen LogP contribution in [0.25, 0.3) is 6.08 Å². The molecule has 1 aliphatic carbocycles. The Hall–Kier alpha value is -1.12. The Kier molecular flexibility index (Phi) is 4.20. The molecule has 1 aliphatic rings. The normalized spacial score (nSPS) is 23.7. The maximum absolute atomic E-state index is 3.75. The number of rotatable bonds is 3. The van der Waals surface area contributed by atoms with Crippen molar-refractivity contribution in [1.29, 1.82) is 0 Å². The first-order valence-corrected chi connectivity index (χ1v) is 6.88. The van der Waals surface area contributed by atoms with Gasteiger partial charge in [0.15, 0.2) is 0 Å². The molecule has 0 aliphatic heterocycles. The van der Waals surface area contributed by atoms with Crippen molar-refractivity contribution in [3.63, 3.8) is 0 Å². The molecule has 2 heteroatoms. The van der Waals surface area contributed by atoms with Crippen LogP contribution in [0.5, 0.6) is 0 Å². The van der Waals surface area contributed by atoms with E-state index in [0.717, 1.165) is 6.42 Å². The third-order valence-corrected chi connectivity index (χ3v) is 4.46. The largest absolute Gasteiger partial charge is 0.291 e.